The number of benzene rings is 3. The van der Waals surface area contributed by atoms with Gasteiger partial charge in [-0.15, -0.1) is 0 Å². The van der Waals surface area contributed by atoms with E-state index < -0.39 is 0 Å². The number of hydrogen-bond donors (Lipinski definition) is 0. The van der Waals surface area contributed by atoms with Gasteiger partial charge >= 0.3 is 0 Å². The van der Waals surface area contributed by atoms with Gasteiger partial charge in [-0.25, -0.2) is 0 Å². The fraction of sp³-hybridized carbons (Fsp3) is 0.0476. The third-order valence-corrected chi connectivity index (χ3v) is 3.36. The van der Waals surface area contributed by atoms with E-state index in [-0.39, 0.29) is 0 Å². The maximum absolute atomic E-state index is 3.23. The Morgan fingerprint density at radius 2 is 1.14 bits per heavy atom. The topological polar surface area (TPSA) is 0 Å². The summed E-state index contributed by atoms with van der Waals surface area (Å²) < 4.78 is 0. The number of hydrogen-bond acceptors (Lipinski definition) is 0. The van der Waals surface area contributed by atoms with Gasteiger partial charge in [0.05, 0.1) is 0 Å². The Balaban J connectivity index is 1.70. The quantitative estimate of drug-likeness (QED) is 0.577. The Labute approximate surface area is 126 Å². The van der Waals surface area contributed by atoms with Crippen LogP contribution >= 0.6 is 0 Å². The first-order valence-electron chi connectivity index (χ1n) is 7.10. The van der Waals surface area contributed by atoms with Crippen LogP contribution in [0, 0.1) is 11.8 Å². The lowest BCUT2D eigenvalue weighted by molar-refractivity contribution is 1.32. The standard InChI is InChI=1S/C21H16/c1-3-8-18(9-4-1)10-7-11-19-14-16-21(17-15-19)20-12-5-2-6-13-20/h1-6,8-9,12-17H,11H2. The second kappa shape index (κ2) is 6.59. The van der Waals surface area contributed by atoms with Crippen LogP contribution in [0.1, 0.15) is 11.1 Å². The third-order valence-electron chi connectivity index (χ3n) is 3.36. The van der Waals surface area contributed by atoms with Crippen molar-refractivity contribution in [2.75, 3.05) is 0 Å². The molecule has 0 aromatic heterocycles. The second-order valence-electron chi connectivity index (χ2n) is 4.91. The molecule has 0 aliphatic carbocycles. The summed E-state index contributed by atoms with van der Waals surface area (Å²) in [4.78, 5) is 0. The van der Waals surface area contributed by atoms with Gasteiger partial charge in [0.15, 0.2) is 0 Å². The lowest BCUT2D eigenvalue weighted by atomic mass is 10.0. The predicted molar refractivity (Wildman–Crippen MR) is 88.9 cm³/mol. The second-order valence-corrected chi connectivity index (χ2v) is 4.91. The Hall–Kier alpha value is -2.78. The van der Waals surface area contributed by atoms with Gasteiger partial charge in [-0.2, -0.15) is 0 Å². The van der Waals surface area contributed by atoms with Crippen LogP contribution < -0.4 is 0 Å². The van der Waals surface area contributed by atoms with E-state index in [2.05, 4.69) is 60.4 Å². The molecule has 0 amide bonds. The Kier molecular flexibility index (Phi) is 4.15. The van der Waals surface area contributed by atoms with Gasteiger partial charge in [0.1, 0.15) is 0 Å². The molecule has 0 heterocycles. The molecule has 0 heteroatoms. The maximum atomic E-state index is 3.23. The molecule has 0 spiro atoms. The number of rotatable bonds is 2. The third kappa shape index (κ3) is 3.61. The molecule has 0 radical (unpaired) electrons. The highest BCUT2D eigenvalue weighted by atomic mass is 14.0. The van der Waals surface area contributed by atoms with E-state index in [0.717, 1.165) is 12.0 Å². The van der Waals surface area contributed by atoms with Crippen LogP contribution in [0.5, 0.6) is 0 Å². The van der Waals surface area contributed by atoms with Crippen molar-refractivity contribution in [3.8, 4) is 23.0 Å². The minimum Gasteiger partial charge on any atom is -0.0931 e. The smallest absolute Gasteiger partial charge is 0.0344 e. The van der Waals surface area contributed by atoms with E-state index in [1.807, 2.05) is 36.4 Å². The highest BCUT2D eigenvalue weighted by Gasteiger charge is 1.96. The molecule has 0 atom stereocenters. The minimum absolute atomic E-state index is 0.782. The molecule has 0 N–H and O–H groups in total. The molecule has 0 unspecified atom stereocenters. The summed E-state index contributed by atoms with van der Waals surface area (Å²) in [6, 6.07) is 29.2. The maximum Gasteiger partial charge on any atom is 0.0344 e. The van der Waals surface area contributed by atoms with Crippen molar-refractivity contribution in [3.63, 3.8) is 0 Å². The average Bonchev–Trinajstić information content (AvgIpc) is 2.57. The molecule has 0 bridgehead atoms. The Morgan fingerprint density at radius 1 is 0.571 bits per heavy atom. The van der Waals surface area contributed by atoms with E-state index in [9.17, 15) is 0 Å². The summed E-state index contributed by atoms with van der Waals surface area (Å²) in [5.41, 5.74) is 4.81. The van der Waals surface area contributed by atoms with Gasteiger partial charge in [-0.1, -0.05) is 84.6 Å². The van der Waals surface area contributed by atoms with E-state index >= 15 is 0 Å². The molecule has 0 aliphatic rings. The first kappa shape index (κ1) is 13.2. The summed E-state index contributed by atoms with van der Waals surface area (Å²) >= 11 is 0. The summed E-state index contributed by atoms with van der Waals surface area (Å²) in [5, 5.41) is 0. The summed E-state index contributed by atoms with van der Waals surface area (Å²) in [6.07, 6.45) is 0.782. The van der Waals surface area contributed by atoms with Crippen molar-refractivity contribution in [2.24, 2.45) is 0 Å². The lowest BCUT2D eigenvalue weighted by Crippen LogP contribution is -1.83. The predicted octanol–water partition coefficient (Wildman–Crippen LogP) is 4.95. The lowest BCUT2D eigenvalue weighted by Gasteiger charge is -2.02. The zero-order chi connectivity index (χ0) is 14.3. The van der Waals surface area contributed by atoms with E-state index in [4.69, 9.17) is 0 Å². The molecular weight excluding hydrogens is 252 g/mol. The normalized spacial score (nSPS) is 9.71. The first-order valence-corrected chi connectivity index (χ1v) is 7.10. The van der Waals surface area contributed by atoms with Crippen molar-refractivity contribution in [1.82, 2.24) is 0 Å². The molecule has 0 fully saturated rings. The Bertz CT molecular complexity index is 742. The fourth-order valence-electron chi connectivity index (χ4n) is 2.22. The summed E-state index contributed by atoms with van der Waals surface area (Å²) in [5.74, 6) is 6.42. The van der Waals surface area contributed by atoms with Crippen molar-refractivity contribution in [3.05, 3.63) is 96.1 Å². The average molecular weight is 268 g/mol. The summed E-state index contributed by atoms with van der Waals surface area (Å²) in [6.45, 7) is 0. The molecule has 21 heavy (non-hydrogen) atoms. The van der Waals surface area contributed by atoms with Gasteiger partial charge in [-0.05, 0) is 28.8 Å². The molecule has 0 nitrogen and oxygen atoms in total. The van der Waals surface area contributed by atoms with Crippen molar-refractivity contribution < 1.29 is 0 Å². The van der Waals surface area contributed by atoms with E-state index in [1.165, 1.54) is 16.7 Å². The summed E-state index contributed by atoms with van der Waals surface area (Å²) in [7, 11) is 0. The van der Waals surface area contributed by atoms with Gasteiger partial charge in [0.2, 0.25) is 0 Å². The van der Waals surface area contributed by atoms with Crippen LogP contribution in [-0.2, 0) is 6.42 Å². The van der Waals surface area contributed by atoms with Crippen LogP contribution in [0.4, 0.5) is 0 Å². The Morgan fingerprint density at radius 3 is 1.81 bits per heavy atom. The van der Waals surface area contributed by atoms with Crippen molar-refractivity contribution in [2.45, 2.75) is 6.42 Å². The molecule has 0 aliphatic heterocycles. The fourth-order valence-corrected chi connectivity index (χ4v) is 2.22. The van der Waals surface area contributed by atoms with Crippen LogP contribution in [0.25, 0.3) is 11.1 Å². The van der Waals surface area contributed by atoms with Crippen LogP contribution in [-0.4, -0.2) is 0 Å². The van der Waals surface area contributed by atoms with Crippen LogP contribution in [0.15, 0.2) is 84.9 Å². The highest BCUT2D eigenvalue weighted by molar-refractivity contribution is 5.63. The molecular formula is C21H16. The molecule has 0 saturated carbocycles. The van der Waals surface area contributed by atoms with Crippen LogP contribution in [0.3, 0.4) is 0 Å². The molecule has 3 aromatic carbocycles. The molecule has 3 rings (SSSR count). The van der Waals surface area contributed by atoms with Crippen molar-refractivity contribution in [1.29, 1.82) is 0 Å². The molecule has 100 valence electrons. The van der Waals surface area contributed by atoms with Crippen molar-refractivity contribution >= 4 is 0 Å². The zero-order valence-corrected chi connectivity index (χ0v) is 11.8. The van der Waals surface area contributed by atoms with Gasteiger partial charge < -0.3 is 0 Å². The monoisotopic (exact) mass is 268 g/mol. The highest BCUT2D eigenvalue weighted by Crippen LogP contribution is 2.19. The van der Waals surface area contributed by atoms with Crippen LogP contribution in [0.2, 0.25) is 0 Å². The van der Waals surface area contributed by atoms with Gasteiger partial charge in [0, 0.05) is 12.0 Å². The van der Waals surface area contributed by atoms with E-state index in [0.29, 0.717) is 0 Å². The molecule has 0 saturated heterocycles. The first-order chi connectivity index (χ1) is 10.4. The molecule has 3 aromatic rings. The van der Waals surface area contributed by atoms with Gasteiger partial charge in [-0.3, -0.25) is 0 Å². The van der Waals surface area contributed by atoms with E-state index in [1.54, 1.807) is 0 Å². The SMILES string of the molecule is C(#Cc1ccccc1)Cc1ccc(-c2ccccc2)cc1. The minimum atomic E-state index is 0.782. The largest absolute Gasteiger partial charge is 0.0931 e. The zero-order valence-electron chi connectivity index (χ0n) is 11.8. The van der Waals surface area contributed by atoms with Gasteiger partial charge in [0.25, 0.3) is 0 Å².